The minimum atomic E-state index is 0.412. The molecule has 1 saturated carbocycles. The van der Waals surface area contributed by atoms with Crippen LogP contribution in [0.4, 0.5) is 6.01 Å². The number of Topliss-reactive ketones (excluding diaryl/α,β-unsaturated/α-hetero) is 1. The van der Waals surface area contributed by atoms with E-state index in [1.165, 1.54) is 0 Å². The van der Waals surface area contributed by atoms with Crippen molar-refractivity contribution in [3.05, 3.63) is 5.82 Å². The van der Waals surface area contributed by atoms with Gasteiger partial charge in [0.2, 0.25) is 0 Å². The Hall–Kier alpha value is -1.39. The molecule has 0 saturated heterocycles. The largest absolute Gasteiger partial charge is 0.324 e. The van der Waals surface area contributed by atoms with Crippen LogP contribution in [0.15, 0.2) is 4.52 Å². The minimum Gasteiger partial charge on any atom is -0.319 e. The highest BCUT2D eigenvalue weighted by Crippen LogP contribution is 2.21. The summed E-state index contributed by atoms with van der Waals surface area (Å²) in [6.07, 6.45) is 3.81. The fraction of sp³-hybridized carbons (Fsp3) is 0.812. The quantitative estimate of drug-likeness (QED) is 0.802. The topological polar surface area (TPSA) is 59.2 Å². The molecule has 0 amide bonds. The first kappa shape index (κ1) is 17.7. The first-order valence-corrected chi connectivity index (χ1v) is 8.08. The lowest BCUT2D eigenvalue weighted by atomic mass is 10.1. The Kier molecular flexibility index (Phi) is 6.85. The highest BCUT2D eigenvalue weighted by atomic mass is 16.5. The predicted molar refractivity (Wildman–Crippen MR) is 84.4 cm³/mol. The molecular formula is C16H29N3O2. The molecule has 1 aromatic heterocycles. The van der Waals surface area contributed by atoms with E-state index in [4.69, 9.17) is 4.52 Å². The molecule has 5 nitrogen and oxygen atoms in total. The molecule has 0 N–H and O–H groups in total. The van der Waals surface area contributed by atoms with E-state index in [1.54, 1.807) is 0 Å². The summed E-state index contributed by atoms with van der Waals surface area (Å²) in [4.78, 5) is 16.5. The number of ketones is 1. The van der Waals surface area contributed by atoms with E-state index in [1.807, 2.05) is 13.8 Å². The molecule has 3 unspecified atom stereocenters. The highest BCUT2D eigenvalue weighted by Gasteiger charge is 2.28. The molecular weight excluding hydrogens is 266 g/mol. The number of aromatic nitrogens is 2. The first-order chi connectivity index (χ1) is 9.94. The van der Waals surface area contributed by atoms with Gasteiger partial charge in [-0.05, 0) is 26.7 Å². The van der Waals surface area contributed by atoms with E-state index in [2.05, 4.69) is 42.7 Å². The Labute approximate surface area is 128 Å². The van der Waals surface area contributed by atoms with Gasteiger partial charge in [0.1, 0.15) is 5.78 Å². The van der Waals surface area contributed by atoms with Gasteiger partial charge in [-0.2, -0.15) is 4.98 Å². The molecule has 1 aliphatic rings. The SMILES string of the molecule is CC1CC1=O.CCc1noc(N(C(C)CC)C(C)CC)n1. The molecule has 21 heavy (non-hydrogen) atoms. The molecule has 5 heteroatoms. The zero-order valence-corrected chi connectivity index (χ0v) is 14.2. The molecule has 3 atom stereocenters. The standard InChI is InChI=1S/C12H23N3O.C4H6O/c1-6-9(4)15(10(5)7-2)12-13-11(8-3)14-16-12;1-3-2-4(3)5/h9-10H,6-8H2,1-5H3;3H,2H2,1H3. The van der Waals surface area contributed by atoms with Gasteiger partial charge in [0.05, 0.1) is 0 Å². The summed E-state index contributed by atoms with van der Waals surface area (Å²) in [6.45, 7) is 12.7. The number of hydrogen-bond donors (Lipinski definition) is 0. The van der Waals surface area contributed by atoms with Gasteiger partial charge in [-0.25, -0.2) is 0 Å². The lowest BCUT2D eigenvalue weighted by molar-refractivity contribution is -0.110. The third-order valence-electron chi connectivity index (χ3n) is 4.02. The van der Waals surface area contributed by atoms with Gasteiger partial charge in [-0.15, -0.1) is 0 Å². The number of carbonyl (C=O) groups is 1. The lowest BCUT2D eigenvalue weighted by Crippen LogP contribution is -2.40. The lowest BCUT2D eigenvalue weighted by Gasteiger charge is -2.31. The number of anilines is 1. The van der Waals surface area contributed by atoms with Gasteiger partial charge in [-0.1, -0.05) is 32.9 Å². The molecule has 0 radical (unpaired) electrons. The van der Waals surface area contributed by atoms with Crippen LogP contribution in [0, 0.1) is 5.92 Å². The van der Waals surface area contributed by atoms with E-state index in [0.29, 0.717) is 29.8 Å². The smallest absolute Gasteiger partial charge is 0.319 e. The summed E-state index contributed by atoms with van der Waals surface area (Å²) >= 11 is 0. The summed E-state index contributed by atoms with van der Waals surface area (Å²) in [6, 6.07) is 1.53. The number of aryl methyl sites for hydroxylation is 1. The van der Waals surface area contributed by atoms with E-state index in [-0.39, 0.29) is 0 Å². The third-order valence-corrected chi connectivity index (χ3v) is 4.02. The number of nitrogens with zero attached hydrogens (tertiary/aromatic N) is 3. The Morgan fingerprint density at radius 3 is 2.00 bits per heavy atom. The molecule has 1 heterocycles. The summed E-state index contributed by atoms with van der Waals surface area (Å²) in [5.41, 5.74) is 0. The van der Waals surface area contributed by atoms with Crippen LogP contribution in [0.3, 0.4) is 0 Å². The molecule has 120 valence electrons. The van der Waals surface area contributed by atoms with Crippen molar-refractivity contribution in [2.24, 2.45) is 5.92 Å². The molecule has 0 spiro atoms. The fourth-order valence-electron chi connectivity index (χ4n) is 1.94. The van der Waals surface area contributed by atoms with Crippen molar-refractivity contribution in [3.8, 4) is 0 Å². The van der Waals surface area contributed by atoms with E-state index >= 15 is 0 Å². The molecule has 1 aromatic rings. The summed E-state index contributed by atoms with van der Waals surface area (Å²) < 4.78 is 5.33. The summed E-state index contributed by atoms with van der Waals surface area (Å²) in [7, 11) is 0. The predicted octanol–water partition coefficient (Wildman–Crippen LogP) is 3.63. The van der Waals surface area contributed by atoms with Gasteiger partial charge in [0.15, 0.2) is 5.82 Å². The fourth-order valence-corrected chi connectivity index (χ4v) is 1.94. The van der Waals surface area contributed by atoms with Crippen LogP contribution < -0.4 is 4.90 Å². The van der Waals surface area contributed by atoms with Crippen molar-refractivity contribution >= 4 is 11.8 Å². The van der Waals surface area contributed by atoms with Crippen molar-refractivity contribution in [1.29, 1.82) is 0 Å². The number of hydrogen-bond acceptors (Lipinski definition) is 5. The Bertz CT molecular complexity index is 434. The minimum absolute atomic E-state index is 0.412. The first-order valence-electron chi connectivity index (χ1n) is 8.08. The van der Waals surface area contributed by atoms with Crippen LogP contribution in [0.25, 0.3) is 0 Å². The third kappa shape index (κ3) is 5.14. The molecule has 0 bridgehead atoms. The van der Waals surface area contributed by atoms with Crippen LogP contribution in [0.1, 0.15) is 66.6 Å². The monoisotopic (exact) mass is 295 g/mol. The van der Waals surface area contributed by atoms with Crippen molar-refractivity contribution in [2.45, 2.75) is 79.3 Å². The van der Waals surface area contributed by atoms with Crippen molar-refractivity contribution < 1.29 is 9.32 Å². The van der Waals surface area contributed by atoms with Gasteiger partial charge in [-0.3, -0.25) is 4.79 Å². The van der Waals surface area contributed by atoms with Gasteiger partial charge >= 0.3 is 6.01 Å². The second kappa shape index (κ2) is 8.15. The average molecular weight is 295 g/mol. The van der Waals surface area contributed by atoms with Crippen LogP contribution >= 0.6 is 0 Å². The van der Waals surface area contributed by atoms with Crippen LogP contribution in [-0.2, 0) is 11.2 Å². The molecule has 1 fully saturated rings. The Morgan fingerprint density at radius 2 is 1.71 bits per heavy atom. The van der Waals surface area contributed by atoms with Crippen LogP contribution in [0.2, 0.25) is 0 Å². The van der Waals surface area contributed by atoms with E-state index in [9.17, 15) is 4.79 Å². The maximum absolute atomic E-state index is 9.89. The molecule has 0 aliphatic heterocycles. The maximum Gasteiger partial charge on any atom is 0.324 e. The van der Waals surface area contributed by atoms with Gasteiger partial charge < -0.3 is 9.42 Å². The van der Waals surface area contributed by atoms with Gasteiger partial charge in [0, 0.05) is 30.8 Å². The van der Waals surface area contributed by atoms with Gasteiger partial charge in [0.25, 0.3) is 0 Å². The van der Waals surface area contributed by atoms with Crippen LogP contribution in [-0.4, -0.2) is 28.0 Å². The zero-order valence-electron chi connectivity index (χ0n) is 14.2. The Balaban J connectivity index is 0.000000369. The number of rotatable bonds is 6. The zero-order chi connectivity index (χ0) is 16.0. The second-order valence-corrected chi connectivity index (χ2v) is 5.84. The van der Waals surface area contributed by atoms with Crippen molar-refractivity contribution in [1.82, 2.24) is 10.1 Å². The molecule has 1 aliphatic carbocycles. The van der Waals surface area contributed by atoms with Crippen LogP contribution in [0.5, 0.6) is 0 Å². The Morgan fingerprint density at radius 1 is 1.24 bits per heavy atom. The van der Waals surface area contributed by atoms with E-state index in [0.717, 1.165) is 31.5 Å². The van der Waals surface area contributed by atoms with Crippen molar-refractivity contribution in [3.63, 3.8) is 0 Å². The van der Waals surface area contributed by atoms with E-state index < -0.39 is 0 Å². The normalized spacial score (nSPS) is 19.5. The number of carbonyl (C=O) groups excluding carboxylic acids is 1. The highest BCUT2D eigenvalue weighted by molar-refractivity contribution is 5.95. The van der Waals surface area contributed by atoms with Crippen molar-refractivity contribution in [2.75, 3.05) is 4.90 Å². The summed E-state index contributed by atoms with van der Waals surface area (Å²) in [5.74, 6) is 1.62. The second-order valence-electron chi connectivity index (χ2n) is 5.84. The average Bonchev–Trinajstić information content (AvgIpc) is 2.96. The maximum atomic E-state index is 9.89. The molecule has 0 aromatic carbocycles. The molecule has 2 rings (SSSR count). The summed E-state index contributed by atoms with van der Waals surface area (Å²) in [5, 5.41) is 3.96.